The van der Waals surface area contributed by atoms with Gasteiger partial charge in [0.1, 0.15) is 0 Å². The number of hydrogen-bond acceptors (Lipinski definition) is 6. The van der Waals surface area contributed by atoms with E-state index in [1.807, 2.05) is 19.1 Å². The zero-order valence-corrected chi connectivity index (χ0v) is 13.1. The molecular weight excluding hydrogens is 296 g/mol. The molecule has 0 spiro atoms. The van der Waals surface area contributed by atoms with E-state index < -0.39 is 0 Å². The van der Waals surface area contributed by atoms with Crippen molar-refractivity contribution in [3.05, 3.63) is 29.7 Å². The van der Waals surface area contributed by atoms with Crippen LogP contribution in [0.5, 0.6) is 5.88 Å². The number of aryl methyl sites for hydroxylation is 1. The van der Waals surface area contributed by atoms with Gasteiger partial charge in [0.15, 0.2) is 5.82 Å². The first-order valence-corrected chi connectivity index (χ1v) is 7.90. The number of ether oxygens (including phenoxy) is 1. The maximum atomic E-state index is 12.6. The number of nitrogens with zero attached hydrogens (tertiary/aromatic N) is 5. The molecule has 0 fully saturated rings. The third-order valence-corrected chi connectivity index (χ3v) is 3.88. The van der Waals surface area contributed by atoms with Crippen LogP contribution in [0.1, 0.15) is 43.5 Å². The average molecular weight is 316 g/mol. The van der Waals surface area contributed by atoms with Crippen LogP contribution < -0.4 is 10.1 Å². The highest BCUT2D eigenvalue weighted by Gasteiger charge is 2.28. The number of tetrazole rings is 1. The molecular formula is C15H20N6O2. The summed E-state index contributed by atoms with van der Waals surface area (Å²) in [6, 6.07) is 3.73. The number of pyridine rings is 1. The summed E-state index contributed by atoms with van der Waals surface area (Å²) < 4.78 is 7.21. The molecule has 1 atom stereocenters. The van der Waals surface area contributed by atoms with Gasteiger partial charge in [-0.2, -0.15) is 0 Å². The lowest BCUT2D eigenvalue weighted by atomic mass is 10.0. The molecule has 1 aliphatic rings. The lowest BCUT2D eigenvalue weighted by Crippen LogP contribution is -2.30. The molecule has 2 aromatic rings. The number of carbonyl (C=O) groups is 1. The monoisotopic (exact) mass is 316 g/mol. The van der Waals surface area contributed by atoms with Crippen molar-refractivity contribution in [2.75, 3.05) is 6.61 Å². The lowest BCUT2D eigenvalue weighted by molar-refractivity contribution is -0.123. The predicted molar refractivity (Wildman–Crippen MR) is 81.7 cm³/mol. The zero-order chi connectivity index (χ0) is 16.1. The van der Waals surface area contributed by atoms with Crippen LogP contribution in [0.25, 0.3) is 0 Å². The van der Waals surface area contributed by atoms with Crippen molar-refractivity contribution in [2.24, 2.45) is 0 Å². The Morgan fingerprint density at radius 3 is 3.26 bits per heavy atom. The summed E-state index contributed by atoms with van der Waals surface area (Å²) in [5.74, 6) is 0.839. The normalized spacial score (nSPS) is 17.2. The molecule has 1 aliphatic heterocycles. The summed E-state index contributed by atoms with van der Waals surface area (Å²) in [5, 5.41) is 14.6. The van der Waals surface area contributed by atoms with Gasteiger partial charge in [0, 0.05) is 24.8 Å². The minimum atomic E-state index is -0.306. The molecule has 8 heteroatoms. The highest BCUT2D eigenvalue weighted by Crippen LogP contribution is 2.24. The molecule has 0 radical (unpaired) electrons. The number of fused-ring (bicyclic) bond motifs is 1. The molecule has 0 saturated carbocycles. The van der Waals surface area contributed by atoms with Gasteiger partial charge in [-0.15, -0.1) is 5.10 Å². The number of amides is 1. The van der Waals surface area contributed by atoms with Gasteiger partial charge in [-0.3, -0.25) is 4.79 Å². The number of hydrogen-bond donors (Lipinski definition) is 1. The van der Waals surface area contributed by atoms with Gasteiger partial charge in [0.05, 0.1) is 12.5 Å². The van der Waals surface area contributed by atoms with Gasteiger partial charge < -0.3 is 10.1 Å². The second kappa shape index (κ2) is 7.17. The molecule has 0 aromatic carbocycles. The minimum absolute atomic E-state index is 0.0609. The highest BCUT2D eigenvalue weighted by molar-refractivity contribution is 5.82. The van der Waals surface area contributed by atoms with E-state index in [-0.39, 0.29) is 11.8 Å². The summed E-state index contributed by atoms with van der Waals surface area (Å²) in [7, 11) is 0. The van der Waals surface area contributed by atoms with E-state index in [0.717, 1.165) is 31.4 Å². The average Bonchev–Trinajstić information content (AvgIpc) is 2.93. The Balaban J connectivity index is 1.69. The Labute approximate surface area is 134 Å². The maximum Gasteiger partial charge on any atom is 0.231 e. The second-order valence-corrected chi connectivity index (χ2v) is 5.43. The van der Waals surface area contributed by atoms with Crippen molar-refractivity contribution >= 4 is 5.91 Å². The van der Waals surface area contributed by atoms with Gasteiger partial charge in [0.25, 0.3) is 0 Å². The predicted octanol–water partition coefficient (Wildman–Crippen LogP) is 1.05. The van der Waals surface area contributed by atoms with E-state index in [1.165, 1.54) is 0 Å². The Bertz CT molecular complexity index is 671. The summed E-state index contributed by atoms with van der Waals surface area (Å²) >= 11 is 0. The number of aromatic nitrogens is 5. The van der Waals surface area contributed by atoms with Crippen LogP contribution in [0.15, 0.2) is 18.3 Å². The number of rotatable bonds is 5. The minimum Gasteiger partial charge on any atom is -0.478 e. The third-order valence-electron chi connectivity index (χ3n) is 3.88. The van der Waals surface area contributed by atoms with E-state index in [4.69, 9.17) is 4.74 Å². The van der Waals surface area contributed by atoms with Gasteiger partial charge in [0.2, 0.25) is 11.8 Å². The summed E-state index contributed by atoms with van der Waals surface area (Å²) in [6.45, 7) is 3.58. The Kier molecular flexibility index (Phi) is 4.80. The fraction of sp³-hybridized carbons (Fsp3) is 0.533. The van der Waals surface area contributed by atoms with E-state index in [9.17, 15) is 4.79 Å². The molecule has 122 valence electrons. The van der Waals surface area contributed by atoms with Crippen LogP contribution >= 0.6 is 0 Å². The number of nitrogens with one attached hydrogen (secondary N) is 1. The van der Waals surface area contributed by atoms with E-state index >= 15 is 0 Å². The molecule has 0 aliphatic carbocycles. The molecule has 0 unspecified atom stereocenters. The molecule has 3 rings (SSSR count). The third kappa shape index (κ3) is 3.46. The van der Waals surface area contributed by atoms with E-state index in [0.29, 0.717) is 24.9 Å². The fourth-order valence-electron chi connectivity index (χ4n) is 2.74. The smallest absolute Gasteiger partial charge is 0.231 e. The van der Waals surface area contributed by atoms with Gasteiger partial charge in [-0.05, 0) is 36.3 Å². The van der Waals surface area contributed by atoms with Crippen molar-refractivity contribution in [1.82, 2.24) is 30.5 Å². The van der Waals surface area contributed by atoms with E-state index in [2.05, 4.69) is 25.8 Å². The van der Waals surface area contributed by atoms with Crippen LogP contribution in [-0.4, -0.2) is 37.7 Å². The molecule has 3 heterocycles. The van der Waals surface area contributed by atoms with E-state index in [1.54, 1.807) is 10.9 Å². The highest BCUT2D eigenvalue weighted by atomic mass is 16.5. The first-order valence-electron chi connectivity index (χ1n) is 7.90. The van der Waals surface area contributed by atoms with Gasteiger partial charge in [-0.25, -0.2) is 9.67 Å². The van der Waals surface area contributed by atoms with Crippen LogP contribution in [0, 0.1) is 0 Å². The number of carbonyl (C=O) groups excluding carboxylic acids is 1. The second-order valence-electron chi connectivity index (χ2n) is 5.43. The SMILES string of the molecule is CCOc1ncccc1CNC(=O)[C@H]1CCCCn2nnnc21. The van der Waals surface area contributed by atoms with Crippen LogP contribution in [-0.2, 0) is 17.9 Å². The van der Waals surface area contributed by atoms with Gasteiger partial charge in [-0.1, -0.05) is 12.5 Å². The molecule has 8 nitrogen and oxygen atoms in total. The van der Waals surface area contributed by atoms with Gasteiger partial charge >= 0.3 is 0 Å². The lowest BCUT2D eigenvalue weighted by Gasteiger charge is -2.14. The fourth-order valence-corrected chi connectivity index (χ4v) is 2.74. The maximum absolute atomic E-state index is 12.6. The summed E-state index contributed by atoms with van der Waals surface area (Å²) in [5.41, 5.74) is 0.857. The van der Waals surface area contributed by atoms with Crippen LogP contribution in [0.2, 0.25) is 0 Å². The standard InChI is InChI=1S/C15H20N6O2/c1-2-23-15-11(6-5-8-16-15)10-17-14(22)12-7-3-4-9-21-13(12)18-19-20-21/h5-6,8,12H,2-4,7,9-10H2,1H3,(H,17,22)/t12-/m0/s1. The Morgan fingerprint density at radius 1 is 1.48 bits per heavy atom. The topological polar surface area (TPSA) is 94.8 Å². The largest absolute Gasteiger partial charge is 0.478 e. The molecule has 1 N–H and O–H groups in total. The van der Waals surface area contributed by atoms with Crippen molar-refractivity contribution < 1.29 is 9.53 Å². The molecule has 23 heavy (non-hydrogen) atoms. The molecule has 0 saturated heterocycles. The summed E-state index contributed by atoms with van der Waals surface area (Å²) in [6.07, 6.45) is 4.40. The molecule has 0 bridgehead atoms. The van der Waals surface area contributed by atoms with Crippen molar-refractivity contribution in [3.8, 4) is 5.88 Å². The Morgan fingerprint density at radius 2 is 2.39 bits per heavy atom. The quantitative estimate of drug-likeness (QED) is 0.886. The zero-order valence-electron chi connectivity index (χ0n) is 13.1. The van der Waals surface area contributed by atoms with Crippen LogP contribution in [0.3, 0.4) is 0 Å². The first-order chi connectivity index (χ1) is 11.3. The summed E-state index contributed by atoms with van der Waals surface area (Å²) in [4.78, 5) is 16.8. The molecule has 2 aromatic heterocycles. The van der Waals surface area contributed by atoms with Crippen molar-refractivity contribution in [1.29, 1.82) is 0 Å². The van der Waals surface area contributed by atoms with Crippen molar-refractivity contribution in [2.45, 2.75) is 45.2 Å². The molecule has 1 amide bonds. The van der Waals surface area contributed by atoms with Crippen molar-refractivity contribution in [3.63, 3.8) is 0 Å². The van der Waals surface area contributed by atoms with Crippen LogP contribution in [0.4, 0.5) is 0 Å². The Hall–Kier alpha value is -2.51. The first kappa shape index (κ1) is 15.4.